The van der Waals surface area contributed by atoms with Crippen LogP contribution in [0.2, 0.25) is 0 Å². The Bertz CT molecular complexity index is 1160. The van der Waals surface area contributed by atoms with E-state index in [4.69, 9.17) is 0 Å². The maximum atomic E-state index is 14.0. The minimum atomic E-state index is -2.28. The molecular weight excluding hydrogens is 331 g/mol. The molecule has 0 bridgehead atoms. The Morgan fingerprint density at radius 2 is 1.38 bits per heavy atom. The molecule has 0 aliphatic carbocycles. The summed E-state index contributed by atoms with van der Waals surface area (Å²) in [4.78, 5) is 12.5. The summed E-state index contributed by atoms with van der Waals surface area (Å²) in [5, 5.41) is 1.11. The van der Waals surface area contributed by atoms with Crippen LogP contribution in [0.25, 0.3) is 22.0 Å². The van der Waals surface area contributed by atoms with Crippen LogP contribution in [0.4, 0.5) is 22.0 Å². The van der Waals surface area contributed by atoms with E-state index in [0.29, 0.717) is 20.9 Å². The molecule has 4 rings (SSSR count). The first-order valence-corrected chi connectivity index (χ1v) is 6.71. The molecule has 0 fully saturated rings. The van der Waals surface area contributed by atoms with Gasteiger partial charge in [-0.3, -0.25) is 0 Å². The molecule has 24 heavy (non-hydrogen) atoms. The molecular formula is C16H6F5N2O+. The minimum Gasteiger partial charge on any atom is -0.200 e. The molecule has 2 heterocycles. The van der Waals surface area contributed by atoms with Crippen molar-refractivity contribution in [2.24, 2.45) is 0 Å². The zero-order valence-corrected chi connectivity index (χ0v) is 11.7. The van der Waals surface area contributed by atoms with Crippen molar-refractivity contribution in [2.75, 3.05) is 0 Å². The van der Waals surface area contributed by atoms with Gasteiger partial charge in [-0.15, -0.1) is 0 Å². The highest BCUT2D eigenvalue weighted by atomic mass is 19.2. The van der Waals surface area contributed by atoms with Crippen LogP contribution in [0.15, 0.2) is 41.5 Å². The summed E-state index contributed by atoms with van der Waals surface area (Å²) in [5.74, 6) is -10.6. The van der Waals surface area contributed by atoms with E-state index in [1.807, 2.05) is 0 Å². The highest BCUT2D eigenvalue weighted by Gasteiger charge is 2.32. The van der Waals surface area contributed by atoms with Gasteiger partial charge in [0.05, 0.1) is 5.39 Å². The van der Waals surface area contributed by atoms with Gasteiger partial charge in [-0.05, 0) is 12.1 Å². The molecule has 8 heteroatoms. The monoisotopic (exact) mass is 337 g/mol. The molecule has 0 unspecified atom stereocenters. The van der Waals surface area contributed by atoms with Gasteiger partial charge in [0.25, 0.3) is 0 Å². The van der Waals surface area contributed by atoms with Crippen molar-refractivity contribution < 1.29 is 26.5 Å². The molecule has 0 aliphatic rings. The van der Waals surface area contributed by atoms with E-state index in [0.717, 1.165) is 10.6 Å². The average Bonchev–Trinajstić information content (AvgIpc) is 3.01. The highest BCUT2D eigenvalue weighted by Crippen LogP contribution is 2.24. The third-order valence-electron chi connectivity index (χ3n) is 3.85. The van der Waals surface area contributed by atoms with E-state index in [1.165, 1.54) is 6.20 Å². The lowest BCUT2D eigenvalue weighted by Crippen LogP contribution is -2.52. The first-order chi connectivity index (χ1) is 11.4. The lowest BCUT2D eigenvalue weighted by Gasteiger charge is -2.06. The molecule has 0 saturated heterocycles. The van der Waals surface area contributed by atoms with Gasteiger partial charge in [-0.2, -0.15) is 22.5 Å². The average molecular weight is 337 g/mol. The molecule has 0 atom stereocenters. The first kappa shape index (κ1) is 14.6. The van der Waals surface area contributed by atoms with Gasteiger partial charge in [-0.1, -0.05) is 12.1 Å². The van der Waals surface area contributed by atoms with Crippen LogP contribution in [0.1, 0.15) is 0 Å². The van der Waals surface area contributed by atoms with E-state index in [9.17, 15) is 26.7 Å². The van der Waals surface area contributed by atoms with E-state index in [-0.39, 0.29) is 0 Å². The number of nitrogens with zero attached hydrogens (tertiary/aromatic N) is 2. The van der Waals surface area contributed by atoms with Crippen LogP contribution in [-0.4, -0.2) is 4.40 Å². The Morgan fingerprint density at radius 3 is 2.04 bits per heavy atom. The molecule has 0 spiro atoms. The van der Waals surface area contributed by atoms with E-state index in [1.54, 1.807) is 24.3 Å². The number of para-hydroxylation sites is 1. The summed E-state index contributed by atoms with van der Waals surface area (Å²) in [6.07, 6.45) is 2.41. The smallest absolute Gasteiger partial charge is 0.200 e. The predicted molar refractivity (Wildman–Crippen MR) is 73.7 cm³/mol. The number of benzene rings is 2. The third-order valence-corrected chi connectivity index (χ3v) is 3.85. The fourth-order valence-electron chi connectivity index (χ4n) is 2.76. The normalized spacial score (nSPS) is 11.7. The van der Waals surface area contributed by atoms with Crippen molar-refractivity contribution in [2.45, 2.75) is 0 Å². The van der Waals surface area contributed by atoms with Gasteiger partial charge in [0.2, 0.25) is 34.8 Å². The van der Waals surface area contributed by atoms with E-state index < -0.39 is 40.5 Å². The van der Waals surface area contributed by atoms with Crippen LogP contribution >= 0.6 is 0 Å². The summed E-state index contributed by atoms with van der Waals surface area (Å²) in [7, 11) is 0. The number of halogens is 5. The van der Waals surface area contributed by atoms with Crippen LogP contribution in [0.5, 0.6) is 0 Å². The molecule has 2 aromatic heterocycles. The third kappa shape index (κ3) is 1.70. The van der Waals surface area contributed by atoms with Crippen LogP contribution in [0.3, 0.4) is 0 Å². The number of aromatic nitrogens is 2. The number of rotatable bonds is 1. The minimum absolute atomic E-state index is 0.404. The van der Waals surface area contributed by atoms with Crippen molar-refractivity contribution >= 4 is 16.3 Å². The second kappa shape index (κ2) is 4.73. The van der Waals surface area contributed by atoms with Gasteiger partial charge < -0.3 is 0 Å². The molecule has 0 N–H and O–H groups in total. The van der Waals surface area contributed by atoms with Gasteiger partial charge in [-0.25, -0.2) is 13.2 Å². The molecule has 3 nitrogen and oxygen atoms in total. The lowest BCUT2D eigenvalue weighted by molar-refractivity contribution is -0.618. The standard InChI is InChI=1S/C16H6F5N2O/c17-9-10(18)12(20)15(13(21)11(9)19)23-6-8-3-1-2-7-4-5-22(14(7)8)16(23)24/h1-6H/q+1. The van der Waals surface area contributed by atoms with Crippen LogP contribution in [0, 0.1) is 29.1 Å². The molecule has 120 valence electrons. The van der Waals surface area contributed by atoms with Crippen molar-refractivity contribution in [1.82, 2.24) is 4.40 Å². The second-order valence-electron chi connectivity index (χ2n) is 5.17. The fraction of sp³-hybridized carbons (Fsp3) is 0. The number of hydrogen-bond donors (Lipinski definition) is 0. The largest absolute Gasteiger partial charge is 0.508 e. The zero-order valence-electron chi connectivity index (χ0n) is 11.7. The summed E-state index contributed by atoms with van der Waals surface area (Å²) >= 11 is 0. The first-order valence-electron chi connectivity index (χ1n) is 6.71. The van der Waals surface area contributed by atoms with Crippen molar-refractivity contribution in [3.05, 3.63) is 76.2 Å². The van der Waals surface area contributed by atoms with Crippen LogP contribution < -0.4 is 10.3 Å². The highest BCUT2D eigenvalue weighted by molar-refractivity contribution is 5.95. The Labute approximate surface area is 130 Å². The Hall–Kier alpha value is -3.03. The maximum Gasteiger partial charge on any atom is 0.508 e. The molecule has 2 aromatic carbocycles. The summed E-state index contributed by atoms with van der Waals surface area (Å²) < 4.78 is 69.6. The Balaban J connectivity index is 2.20. The molecule has 0 aliphatic heterocycles. The molecule has 4 aromatic rings. The summed E-state index contributed by atoms with van der Waals surface area (Å²) in [6, 6.07) is 6.53. The number of hydrogen-bond acceptors (Lipinski definition) is 1. The fourth-order valence-corrected chi connectivity index (χ4v) is 2.76. The molecule has 0 amide bonds. The summed E-state index contributed by atoms with van der Waals surface area (Å²) in [5.41, 5.74) is -1.78. The van der Waals surface area contributed by atoms with Gasteiger partial charge in [0.1, 0.15) is 12.4 Å². The quantitative estimate of drug-likeness (QED) is 0.227. The maximum absolute atomic E-state index is 14.0. The zero-order chi connectivity index (χ0) is 17.2. The van der Waals surface area contributed by atoms with Crippen molar-refractivity contribution in [3.8, 4) is 5.69 Å². The van der Waals surface area contributed by atoms with Crippen molar-refractivity contribution in [3.63, 3.8) is 0 Å². The summed E-state index contributed by atoms with van der Waals surface area (Å²) in [6.45, 7) is 0. The van der Waals surface area contributed by atoms with E-state index >= 15 is 0 Å². The Morgan fingerprint density at radius 1 is 0.792 bits per heavy atom. The van der Waals surface area contributed by atoms with Crippen molar-refractivity contribution in [1.29, 1.82) is 0 Å². The van der Waals surface area contributed by atoms with Gasteiger partial charge in [0, 0.05) is 5.39 Å². The van der Waals surface area contributed by atoms with E-state index in [2.05, 4.69) is 0 Å². The Kier molecular flexibility index (Phi) is 2.87. The molecule has 0 saturated carbocycles. The van der Waals surface area contributed by atoms with Gasteiger partial charge in [0.15, 0.2) is 5.52 Å². The van der Waals surface area contributed by atoms with Gasteiger partial charge >= 0.3 is 5.69 Å². The topological polar surface area (TPSA) is 25.4 Å². The lowest BCUT2D eigenvalue weighted by atomic mass is 10.2. The molecule has 0 radical (unpaired) electrons. The SMILES string of the molecule is O=c1n2ccc3cccc(c[n+]1-c1c(F)c(F)c(F)c(F)c1F)c32. The van der Waals surface area contributed by atoms with Crippen LogP contribution in [-0.2, 0) is 0 Å². The second-order valence-corrected chi connectivity index (χ2v) is 5.17. The predicted octanol–water partition coefficient (Wildman–Crippen LogP) is 2.86.